The highest BCUT2D eigenvalue weighted by atomic mass is 16.7. The fourth-order valence-corrected chi connectivity index (χ4v) is 8.04. The number of aliphatic hydroxyl groups is 5. The molecule has 1 aliphatic rings. The van der Waals surface area contributed by atoms with Crippen molar-refractivity contribution in [2.24, 2.45) is 0 Å². The first-order valence-corrected chi connectivity index (χ1v) is 24.2. The average Bonchev–Trinajstić information content (AvgIpc) is 3.20. The first-order chi connectivity index (χ1) is 27.3. The van der Waals surface area contributed by atoms with Crippen LogP contribution in [0.25, 0.3) is 0 Å². The van der Waals surface area contributed by atoms with Crippen molar-refractivity contribution >= 4 is 5.91 Å². The Hall–Kier alpha value is -0.810. The fourth-order valence-electron chi connectivity index (χ4n) is 8.04. The van der Waals surface area contributed by atoms with E-state index >= 15 is 0 Å². The molecule has 0 bridgehead atoms. The smallest absolute Gasteiger partial charge is 0.220 e. The zero-order valence-electron chi connectivity index (χ0n) is 36.7. The number of aliphatic hydroxyl groups excluding tert-OH is 5. The van der Waals surface area contributed by atoms with Gasteiger partial charge in [0.2, 0.25) is 5.91 Å². The van der Waals surface area contributed by atoms with Gasteiger partial charge in [0.05, 0.1) is 25.4 Å². The number of carbonyl (C=O) groups excluding carboxylic acids is 1. The third-order valence-corrected chi connectivity index (χ3v) is 12.0. The molecule has 1 fully saturated rings. The highest BCUT2D eigenvalue weighted by Gasteiger charge is 2.44. The lowest BCUT2D eigenvalue weighted by Gasteiger charge is -2.40. The Labute approximate surface area is 344 Å². The molecule has 1 aliphatic heterocycles. The summed E-state index contributed by atoms with van der Waals surface area (Å²) in [6, 6.07) is -0.711. The van der Waals surface area contributed by atoms with Crippen LogP contribution in [0.15, 0.2) is 0 Å². The molecule has 1 saturated heterocycles. The summed E-state index contributed by atoms with van der Waals surface area (Å²) in [5.74, 6) is -0.140. The van der Waals surface area contributed by atoms with Gasteiger partial charge in [0.15, 0.2) is 6.29 Å². The standard InChI is InChI=1S/C47H93NO8/c1-3-5-7-9-11-13-15-17-18-19-20-21-22-23-25-27-29-31-33-35-37-43(51)48-40(39-55-47-46(54)45(53)44(52)42(38-49)56-47)41(50)36-34-32-30-28-26-24-16-14-12-10-8-6-4-2/h40-42,44-47,49-50,52-54H,3-39H2,1-2H3,(H,48,51)/t40-,41+,42-,44-,45?,46?,47-/m0/s1. The van der Waals surface area contributed by atoms with Crippen LogP contribution in [-0.4, -0.2) is 87.5 Å². The lowest BCUT2D eigenvalue weighted by molar-refractivity contribution is -0.302. The molecule has 0 aromatic carbocycles. The first-order valence-electron chi connectivity index (χ1n) is 24.2. The predicted molar refractivity (Wildman–Crippen MR) is 231 cm³/mol. The van der Waals surface area contributed by atoms with Gasteiger partial charge in [-0.15, -0.1) is 0 Å². The second-order valence-electron chi connectivity index (χ2n) is 17.3. The van der Waals surface area contributed by atoms with Crippen LogP contribution in [0.3, 0.4) is 0 Å². The van der Waals surface area contributed by atoms with E-state index in [2.05, 4.69) is 19.2 Å². The van der Waals surface area contributed by atoms with E-state index < -0.39 is 49.5 Å². The largest absolute Gasteiger partial charge is 0.394 e. The van der Waals surface area contributed by atoms with Gasteiger partial charge < -0.3 is 40.3 Å². The number of carbonyl (C=O) groups is 1. The molecule has 1 heterocycles. The molecule has 0 aromatic heterocycles. The Kier molecular flexibility index (Phi) is 36.5. The molecule has 9 nitrogen and oxygen atoms in total. The molecule has 2 unspecified atom stereocenters. The van der Waals surface area contributed by atoms with Crippen LogP contribution in [0, 0.1) is 0 Å². The highest BCUT2D eigenvalue weighted by molar-refractivity contribution is 5.76. The van der Waals surface area contributed by atoms with Crippen LogP contribution in [0.2, 0.25) is 0 Å². The summed E-state index contributed by atoms with van der Waals surface area (Å²) >= 11 is 0. The molecule has 0 aromatic rings. The van der Waals surface area contributed by atoms with E-state index in [1.165, 1.54) is 173 Å². The minimum Gasteiger partial charge on any atom is -0.394 e. The second-order valence-corrected chi connectivity index (χ2v) is 17.3. The van der Waals surface area contributed by atoms with E-state index in [1.807, 2.05) is 0 Å². The van der Waals surface area contributed by atoms with Crippen molar-refractivity contribution in [3.05, 3.63) is 0 Å². The molecule has 6 N–H and O–H groups in total. The monoisotopic (exact) mass is 800 g/mol. The molecule has 7 atom stereocenters. The normalized spacial score (nSPS) is 21.0. The van der Waals surface area contributed by atoms with Gasteiger partial charge in [-0.05, 0) is 12.8 Å². The Morgan fingerprint density at radius 3 is 1.27 bits per heavy atom. The summed E-state index contributed by atoms with van der Waals surface area (Å²) in [6.45, 7) is 3.85. The lowest BCUT2D eigenvalue weighted by atomic mass is 9.99. The maximum atomic E-state index is 13.0. The summed E-state index contributed by atoms with van der Waals surface area (Å²) in [6.07, 6.45) is 35.4. The summed E-state index contributed by atoms with van der Waals surface area (Å²) < 4.78 is 11.3. The van der Waals surface area contributed by atoms with Gasteiger partial charge in [-0.25, -0.2) is 0 Å². The van der Waals surface area contributed by atoms with Crippen LogP contribution >= 0.6 is 0 Å². The molecule has 9 heteroatoms. The number of hydrogen-bond donors (Lipinski definition) is 6. The number of amides is 1. The number of hydrogen-bond acceptors (Lipinski definition) is 8. The summed E-state index contributed by atoms with van der Waals surface area (Å²) in [4.78, 5) is 13.0. The van der Waals surface area contributed by atoms with Crippen LogP contribution in [-0.2, 0) is 14.3 Å². The van der Waals surface area contributed by atoms with Crippen molar-refractivity contribution in [1.29, 1.82) is 0 Å². The topological polar surface area (TPSA) is 149 Å². The third kappa shape index (κ3) is 28.6. The minimum atomic E-state index is -1.55. The number of rotatable bonds is 41. The van der Waals surface area contributed by atoms with Gasteiger partial charge in [-0.2, -0.15) is 0 Å². The highest BCUT2D eigenvalue weighted by Crippen LogP contribution is 2.23. The van der Waals surface area contributed by atoms with Crippen molar-refractivity contribution in [2.75, 3.05) is 13.2 Å². The van der Waals surface area contributed by atoms with Gasteiger partial charge in [-0.3, -0.25) is 4.79 Å². The molecule has 1 amide bonds. The van der Waals surface area contributed by atoms with Crippen LogP contribution < -0.4 is 5.32 Å². The van der Waals surface area contributed by atoms with Crippen molar-refractivity contribution in [1.82, 2.24) is 5.32 Å². The second kappa shape index (κ2) is 38.4. The summed E-state index contributed by atoms with van der Waals surface area (Å²) in [7, 11) is 0. The van der Waals surface area contributed by atoms with Crippen LogP contribution in [0.5, 0.6) is 0 Å². The number of ether oxygens (including phenoxy) is 2. The van der Waals surface area contributed by atoms with Gasteiger partial charge in [-0.1, -0.05) is 219 Å². The Balaban J connectivity index is 2.26. The number of nitrogens with one attached hydrogen (secondary N) is 1. The molecule has 56 heavy (non-hydrogen) atoms. The van der Waals surface area contributed by atoms with Crippen molar-refractivity contribution in [2.45, 2.75) is 281 Å². The van der Waals surface area contributed by atoms with Crippen LogP contribution in [0.4, 0.5) is 0 Å². The quantitative estimate of drug-likeness (QED) is 0.0335. The minimum absolute atomic E-state index is 0.132. The Morgan fingerprint density at radius 2 is 0.893 bits per heavy atom. The van der Waals surface area contributed by atoms with Gasteiger partial charge in [0.25, 0.3) is 0 Å². The molecular formula is C47H93NO8. The van der Waals surface area contributed by atoms with E-state index in [0.717, 1.165) is 38.5 Å². The molecule has 0 saturated carbocycles. The van der Waals surface area contributed by atoms with E-state index in [4.69, 9.17) is 9.47 Å². The summed E-state index contributed by atoms with van der Waals surface area (Å²) in [5, 5.41) is 54.4. The number of unbranched alkanes of at least 4 members (excludes halogenated alkanes) is 31. The Morgan fingerprint density at radius 1 is 0.536 bits per heavy atom. The van der Waals surface area contributed by atoms with E-state index in [0.29, 0.717) is 12.8 Å². The molecule has 0 spiro atoms. The first kappa shape index (κ1) is 53.2. The van der Waals surface area contributed by atoms with Crippen LogP contribution in [0.1, 0.15) is 239 Å². The average molecular weight is 800 g/mol. The molecule has 0 aliphatic carbocycles. The molecule has 1 rings (SSSR count). The maximum Gasteiger partial charge on any atom is 0.220 e. The lowest BCUT2D eigenvalue weighted by Crippen LogP contribution is -2.60. The van der Waals surface area contributed by atoms with E-state index in [1.54, 1.807) is 0 Å². The van der Waals surface area contributed by atoms with E-state index in [9.17, 15) is 30.3 Å². The maximum absolute atomic E-state index is 13.0. The summed E-state index contributed by atoms with van der Waals surface area (Å²) in [5.41, 5.74) is 0. The van der Waals surface area contributed by atoms with E-state index in [-0.39, 0.29) is 12.5 Å². The van der Waals surface area contributed by atoms with Gasteiger partial charge in [0, 0.05) is 6.42 Å². The molecule has 334 valence electrons. The fraction of sp³-hybridized carbons (Fsp3) is 0.979. The Bertz CT molecular complexity index is 847. The third-order valence-electron chi connectivity index (χ3n) is 12.0. The molecule has 0 radical (unpaired) electrons. The zero-order chi connectivity index (χ0) is 40.9. The predicted octanol–water partition coefficient (Wildman–Crippen LogP) is 10.3. The van der Waals surface area contributed by atoms with Gasteiger partial charge in [0.1, 0.15) is 24.4 Å². The molecular weight excluding hydrogens is 707 g/mol. The zero-order valence-corrected chi connectivity index (χ0v) is 36.7. The SMILES string of the molecule is CCCCCCCCCCCCCCCCCCCCCCC(=O)N[C@@H](CO[C@H]1O[C@@H](CO)[C@H](O)C(O)C1O)[C@H](O)CCCCCCCCCCCCCCC. The van der Waals surface area contributed by atoms with Crippen molar-refractivity contribution < 1.29 is 39.8 Å². The van der Waals surface area contributed by atoms with Crippen molar-refractivity contribution in [3.63, 3.8) is 0 Å². The van der Waals surface area contributed by atoms with Gasteiger partial charge >= 0.3 is 0 Å². The van der Waals surface area contributed by atoms with Crippen molar-refractivity contribution in [3.8, 4) is 0 Å².